The third-order valence-corrected chi connectivity index (χ3v) is 3.46. The summed E-state index contributed by atoms with van der Waals surface area (Å²) in [4.78, 5) is 11.3. The van der Waals surface area contributed by atoms with Crippen LogP contribution in [0.15, 0.2) is 12.1 Å². The summed E-state index contributed by atoms with van der Waals surface area (Å²) >= 11 is 0. The minimum absolute atomic E-state index is 0.149. The molecule has 0 unspecified atom stereocenters. The van der Waals surface area contributed by atoms with Gasteiger partial charge in [0.1, 0.15) is 11.5 Å². The maximum Gasteiger partial charge on any atom is 0.314 e. The van der Waals surface area contributed by atoms with Crippen molar-refractivity contribution in [1.82, 2.24) is 0 Å². The van der Waals surface area contributed by atoms with Crippen LogP contribution in [0.5, 0.6) is 11.5 Å². The number of carboxylic acid groups (broad SMARTS) is 1. The van der Waals surface area contributed by atoms with Gasteiger partial charge in [-0.15, -0.1) is 0 Å². The SMILES string of the molecule is CCc1cc(OC)c(C2(C(=O)O)CC2)cc1O. The predicted octanol–water partition coefficient (Wildman–Crippen LogP) is 2.08. The van der Waals surface area contributed by atoms with Gasteiger partial charge in [-0.1, -0.05) is 6.92 Å². The minimum atomic E-state index is -0.852. The summed E-state index contributed by atoms with van der Waals surface area (Å²) in [5.41, 5.74) is 0.503. The van der Waals surface area contributed by atoms with E-state index in [-0.39, 0.29) is 5.75 Å². The van der Waals surface area contributed by atoms with Crippen LogP contribution in [0.1, 0.15) is 30.9 Å². The van der Waals surface area contributed by atoms with Gasteiger partial charge in [0.2, 0.25) is 0 Å². The van der Waals surface area contributed by atoms with Gasteiger partial charge < -0.3 is 14.9 Å². The highest BCUT2D eigenvalue weighted by Gasteiger charge is 2.53. The second kappa shape index (κ2) is 3.95. The number of hydrogen-bond acceptors (Lipinski definition) is 3. The first-order valence-corrected chi connectivity index (χ1v) is 5.69. The van der Waals surface area contributed by atoms with Gasteiger partial charge in [0.25, 0.3) is 0 Å². The molecule has 17 heavy (non-hydrogen) atoms. The quantitative estimate of drug-likeness (QED) is 0.840. The maximum atomic E-state index is 11.3. The summed E-state index contributed by atoms with van der Waals surface area (Å²) in [6.45, 7) is 1.93. The highest BCUT2D eigenvalue weighted by Crippen LogP contribution is 2.52. The lowest BCUT2D eigenvalue weighted by molar-refractivity contribution is -0.140. The molecule has 0 aromatic heterocycles. The van der Waals surface area contributed by atoms with Crippen molar-refractivity contribution >= 4 is 5.97 Å². The van der Waals surface area contributed by atoms with Gasteiger partial charge in [-0.25, -0.2) is 0 Å². The minimum Gasteiger partial charge on any atom is -0.508 e. The molecular formula is C13H16O4. The van der Waals surface area contributed by atoms with Crippen molar-refractivity contribution in [2.24, 2.45) is 0 Å². The monoisotopic (exact) mass is 236 g/mol. The number of aliphatic carboxylic acids is 1. The number of carbonyl (C=O) groups is 1. The second-order valence-corrected chi connectivity index (χ2v) is 4.42. The molecule has 1 fully saturated rings. The molecule has 1 aliphatic carbocycles. The first-order valence-electron chi connectivity index (χ1n) is 5.69. The summed E-state index contributed by atoms with van der Waals surface area (Å²) < 4.78 is 5.24. The molecule has 92 valence electrons. The van der Waals surface area contributed by atoms with E-state index < -0.39 is 11.4 Å². The van der Waals surface area contributed by atoms with Crippen LogP contribution >= 0.6 is 0 Å². The van der Waals surface area contributed by atoms with Gasteiger partial charge in [0.05, 0.1) is 12.5 Å². The number of aromatic hydroxyl groups is 1. The maximum absolute atomic E-state index is 11.3. The molecule has 0 bridgehead atoms. The Kier molecular flexibility index (Phi) is 2.73. The Morgan fingerprint density at radius 1 is 1.47 bits per heavy atom. The third-order valence-electron chi connectivity index (χ3n) is 3.46. The van der Waals surface area contributed by atoms with Crippen LogP contribution < -0.4 is 4.74 Å². The molecule has 0 atom stereocenters. The van der Waals surface area contributed by atoms with E-state index in [1.807, 2.05) is 6.92 Å². The number of methoxy groups -OCH3 is 1. The molecule has 0 amide bonds. The van der Waals surface area contributed by atoms with Crippen LogP contribution in [0.4, 0.5) is 0 Å². The van der Waals surface area contributed by atoms with Crippen LogP contribution in [-0.2, 0) is 16.6 Å². The molecule has 1 aliphatic rings. The van der Waals surface area contributed by atoms with Gasteiger partial charge >= 0.3 is 5.97 Å². The van der Waals surface area contributed by atoms with Crippen molar-refractivity contribution in [3.8, 4) is 11.5 Å². The van der Waals surface area contributed by atoms with Crippen molar-refractivity contribution in [2.75, 3.05) is 7.11 Å². The number of benzene rings is 1. The highest BCUT2D eigenvalue weighted by molar-refractivity contribution is 5.86. The van der Waals surface area contributed by atoms with E-state index >= 15 is 0 Å². The fraction of sp³-hybridized carbons (Fsp3) is 0.462. The fourth-order valence-electron chi connectivity index (χ4n) is 2.16. The number of phenols is 1. The van der Waals surface area contributed by atoms with Gasteiger partial charge in [0, 0.05) is 5.56 Å². The molecule has 1 aromatic carbocycles. The summed E-state index contributed by atoms with van der Waals surface area (Å²) in [6, 6.07) is 3.27. The Hall–Kier alpha value is -1.71. The Balaban J connectivity index is 2.54. The molecule has 2 N–H and O–H groups in total. The van der Waals surface area contributed by atoms with Crippen LogP contribution in [0.3, 0.4) is 0 Å². The molecule has 4 nitrogen and oxygen atoms in total. The van der Waals surface area contributed by atoms with Crippen LogP contribution in [0.2, 0.25) is 0 Å². The van der Waals surface area contributed by atoms with E-state index in [4.69, 9.17) is 4.74 Å². The molecule has 1 saturated carbocycles. The van der Waals surface area contributed by atoms with Gasteiger partial charge in [-0.2, -0.15) is 0 Å². The molecule has 0 radical (unpaired) electrons. The lowest BCUT2D eigenvalue weighted by atomic mass is 9.93. The number of phenolic OH excluding ortho intramolecular Hbond substituents is 1. The predicted molar refractivity (Wildman–Crippen MR) is 62.6 cm³/mol. The number of hydrogen-bond donors (Lipinski definition) is 2. The van der Waals surface area contributed by atoms with E-state index in [0.29, 0.717) is 30.6 Å². The number of aryl methyl sites for hydroxylation is 1. The van der Waals surface area contributed by atoms with Crippen molar-refractivity contribution < 1.29 is 19.7 Å². The number of rotatable bonds is 4. The lowest BCUT2D eigenvalue weighted by Gasteiger charge is -2.16. The largest absolute Gasteiger partial charge is 0.508 e. The lowest BCUT2D eigenvalue weighted by Crippen LogP contribution is -2.20. The van der Waals surface area contributed by atoms with E-state index in [2.05, 4.69) is 0 Å². The molecule has 0 heterocycles. The topological polar surface area (TPSA) is 66.8 Å². The van der Waals surface area contributed by atoms with Crippen molar-refractivity contribution in [3.05, 3.63) is 23.3 Å². The average Bonchev–Trinajstić information content (AvgIpc) is 3.09. The standard InChI is InChI=1S/C13H16O4/c1-3-8-6-11(17-2)9(7-10(8)14)13(4-5-13)12(15)16/h6-7,14H,3-5H2,1-2H3,(H,15,16). The zero-order chi connectivity index (χ0) is 12.6. The second-order valence-electron chi connectivity index (χ2n) is 4.42. The van der Waals surface area contributed by atoms with Crippen LogP contribution in [0, 0.1) is 0 Å². The summed E-state index contributed by atoms with van der Waals surface area (Å²) in [5.74, 6) is -0.144. The summed E-state index contributed by atoms with van der Waals surface area (Å²) in [7, 11) is 1.52. The fourth-order valence-corrected chi connectivity index (χ4v) is 2.16. The van der Waals surface area contributed by atoms with E-state index in [9.17, 15) is 15.0 Å². The number of ether oxygens (including phenoxy) is 1. The van der Waals surface area contributed by atoms with Crippen molar-refractivity contribution in [2.45, 2.75) is 31.6 Å². The molecule has 0 aliphatic heterocycles. The Bertz CT molecular complexity index is 461. The van der Waals surface area contributed by atoms with Crippen LogP contribution in [-0.4, -0.2) is 23.3 Å². The molecule has 2 rings (SSSR count). The van der Waals surface area contributed by atoms with Crippen molar-refractivity contribution in [3.63, 3.8) is 0 Å². The first-order chi connectivity index (χ1) is 8.05. The molecular weight excluding hydrogens is 220 g/mol. The zero-order valence-electron chi connectivity index (χ0n) is 9.99. The van der Waals surface area contributed by atoms with E-state index in [0.717, 1.165) is 5.56 Å². The van der Waals surface area contributed by atoms with Gasteiger partial charge in [-0.3, -0.25) is 4.79 Å². The number of carboxylic acids is 1. The Morgan fingerprint density at radius 2 is 2.12 bits per heavy atom. The molecule has 4 heteroatoms. The van der Waals surface area contributed by atoms with Gasteiger partial charge in [-0.05, 0) is 37.0 Å². The Morgan fingerprint density at radius 3 is 2.53 bits per heavy atom. The summed E-state index contributed by atoms with van der Waals surface area (Å²) in [5, 5.41) is 19.1. The Labute approximate surface area is 99.8 Å². The molecule has 0 spiro atoms. The summed E-state index contributed by atoms with van der Waals surface area (Å²) in [6.07, 6.45) is 1.88. The van der Waals surface area contributed by atoms with Gasteiger partial charge in [0.15, 0.2) is 0 Å². The van der Waals surface area contributed by atoms with Crippen LogP contribution in [0.25, 0.3) is 0 Å². The van der Waals surface area contributed by atoms with E-state index in [1.54, 1.807) is 12.1 Å². The molecule has 0 saturated heterocycles. The first kappa shape index (κ1) is 11.8. The van der Waals surface area contributed by atoms with Crippen molar-refractivity contribution in [1.29, 1.82) is 0 Å². The molecule has 1 aromatic rings. The average molecular weight is 236 g/mol. The van der Waals surface area contributed by atoms with E-state index in [1.165, 1.54) is 7.11 Å². The smallest absolute Gasteiger partial charge is 0.314 e. The normalized spacial score (nSPS) is 16.6. The third kappa shape index (κ3) is 1.73. The highest BCUT2D eigenvalue weighted by atomic mass is 16.5. The zero-order valence-corrected chi connectivity index (χ0v) is 9.99.